The number of hydrogen-bond acceptors (Lipinski definition) is 3. The number of rotatable bonds is 0. The third-order valence-electron chi connectivity index (χ3n) is 5.28. The molecule has 4 bridgehead atoms. The first-order valence-electron chi connectivity index (χ1n) is 7.01. The van der Waals surface area contributed by atoms with E-state index in [1.54, 1.807) is 0 Å². The quantitative estimate of drug-likeness (QED) is 0.735. The maximum atomic E-state index is 12.7. The summed E-state index contributed by atoms with van der Waals surface area (Å²) in [6.07, 6.45) is 7.34. The standard InChI is InChI=1S/C16H14O3S/c17-20(18)11-7-3-4-8-12(20)14-13(11)15-9-5-1-2-6-10(9)16(14)19-15/h1-8,11-16H/t11-,12-,13-,14+,15+,16-/m0/s1. The Morgan fingerprint density at radius 1 is 0.850 bits per heavy atom. The molecule has 0 unspecified atom stereocenters. The van der Waals surface area contributed by atoms with Crippen LogP contribution in [0, 0.1) is 11.8 Å². The zero-order chi connectivity index (χ0) is 13.5. The molecule has 0 aliphatic carbocycles. The van der Waals surface area contributed by atoms with E-state index in [2.05, 4.69) is 12.1 Å². The summed E-state index contributed by atoms with van der Waals surface area (Å²) < 4.78 is 31.6. The maximum Gasteiger partial charge on any atom is 0.163 e. The van der Waals surface area contributed by atoms with E-state index >= 15 is 0 Å². The largest absolute Gasteiger partial charge is 0.365 e. The molecule has 2 saturated heterocycles. The molecule has 4 heteroatoms. The summed E-state index contributed by atoms with van der Waals surface area (Å²) in [6, 6.07) is 8.18. The van der Waals surface area contributed by atoms with Crippen LogP contribution in [0.1, 0.15) is 23.3 Å². The molecule has 4 heterocycles. The molecule has 4 aliphatic heterocycles. The number of ether oxygens (including phenoxy) is 1. The van der Waals surface area contributed by atoms with E-state index in [0.717, 1.165) is 0 Å². The van der Waals surface area contributed by atoms with Crippen molar-refractivity contribution in [3.63, 3.8) is 0 Å². The lowest BCUT2D eigenvalue weighted by Gasteiger charge is -2.26. The molecule has 0 N–H and O–H groups in total. The zero-order valence-corrected chi connectivity index (χ0v) is 11.5. The highest BCUT2D eigenvalue weighted by atomic mass is 32.2. The van der Waals surface area contributed by atoms with E-state index in [-0.39, 0.29) is 24.0 Å². The first-order valence-corrected chi connectivity index (χ1v) is 8.62. The van der Waals surface area contributed by atoms with Crippen LogP contribution in [-0.2, 0) is 14.6 Å². The van der Waals surface area contributed by atoms with Crippen molar-refractivity contribution < 1.29 is 13.2 Å². The number of sulfone groups is 1. The molecule has 20 heavy (non-hydrogen) atoms. The Labute approximate surface area is 117 Å². The van der Waals surface area contributed by atoms with E-state index in [9.17, 15) is 8.42 Å². The van der Waals surface area contributed by atoms with Gasteiger partial charge in [0, 0.05) is 11.8 Å². The van der Waals surface area contributed by atoms with Crippen molar-refractivity contribution in [3.8, 4) is 0 Å². The maximum absolute atomic E-state index is 12.7. The Kier molecular flexibility index (Phi) is 1.94. The van der Waals surface area contributed by atoms with Crippen molar-refractivity contribution >= 4 is 9.84 Å². The van der Waals surface area contributed by atoms with Gasteiger partial charge in [-0.15, -0.1) is 0 Å². The molecular weight excluding hydrogens is 272 g/mol. The minimum atomic E-state index is -3.12. The van der Waals surface area contributed by atoms with Crippen molar-refractivity contribution in [3.05, 3.63) is 59.7 Å². The highest BCUT2D eigenvalue weighted by Gasteiger charge is 2.66. The van der Waals surface area contributed by atoms with Gasteiger partial charge in [-0.1, -0.05) is 48.6 Å². The second-order valence-corrected chi connectivity index (χ2v) is 8.32. The first-order chi connectivity index (χ1) is 9.69. The normalized spacial score (nSPS) is 45.2. The number of allylic oxidation sites excluding steroid dienone is 2. The Bertz CT molecular complexity index is 705. The number of fused-ring (bicyclic) bond motifs is 12. The van der Waals surface area contributed by atoms with Crippen LogP contribution in [0.3, 0.4) is 0 Å². The third-order valence-corrected chi connectivity index (χ3v) is 7.74. The average Bonchev–Trinajstić information content (AvgIpc) is 2.97. The van der Waals surface area contributed by atoms with Gasteiger partial charge in [0.15, 0.2) is 9.84 Å². The molecule has 1 aromatic rings. The van der Waals surface area contributed by atoms with Gasteiger partial charge in [-0.05, 0) is 11.1 Å². The molecule has 4 aliphatic rings. The lowest BCUT2D eigenvalue weighted by Crippen LogP contribution is -2.26. The SMILES string of the molecule is O=S1(=O)[C@H]2C=CC=C[C@H]1[C@H]1[C@@H]2[C@H]2O[C@@H]1c1ccccc12. The number of hydrogen-bond donors (Lipinski definition) is 0. The topological polar surface area (TPSA) is 43.4 Å². The summed E-state index contributed by atoms with van der Waals surface area (Å²) in [5.74, 6) is 0.150. The fraction of sp³-hybridized carbons (Fsp3) is 0.375. The summed E-state index contributed by atoms with van der Waals surface area (Å²) in [5, 5.41) is -0.785. The van der Waals surface area contributed by atoms with Crippen molar-refractivity contribution in [2.45, 2.75) is 22.7 Å². The number of benzene rings is 1. The van der Waals surface area contributed by atoms with Crippen LogP contribution >= 0.6 is 0 Å². The molecular formula is C16H14O3S. The van der Waals surface area contributed by atoms with Crippen LogP contribution in [0.25, 0.3) is 0 Å². The Balaban J connectivity index is 1.75. The fourth-order valence-corrected chi connectivity index (χ4v) is 7.07. The second-order valence-electron chi connectivity index (χ2n) is 6.05. The third kappa shape index (κ3) is 1.10. The van der Waals surface area contributed by atoms with Crippen LogP contribution in [0.4, 0.5) is 0 Å². The minimum absolute atomic E-state index is 0.0536. The molecule has 3 nitrogen and oxygen atoms in total. The van der Waals surface area contributed by atoms with Gasteiger partial charge in [-0.3, -0.25) is 0 Å². The van der Waals surface area contributed by atoms with Crippen LogP contribution < -0.4 is 0 Å². The molecule has 0 spiro atoms. The molecule has 1 aromatic carbocycles. The highest BCUT2D eigenvalue weighted by molar-refractivity contribution is 7.93. The summed E-state index contributed by atoms with van der Waals surface area (Å²) >= 11 is 0. The molecule has 6 atom stereocenters. The average molecular weight is 286 g/mol. The highest BCUT2D eigenvalue weighted by Crippen LogP contribution is 2.64. The van der Waals surface area contributed by atoms with Gasteiger partial charge >= 0.3 is 0 Å². The van der Waals surface area contributed by atoms with Gasteiger partial charge in [0.25, 0.3) is 0 Å². The van der Waals surface area contributed by atoms with Gasteiger partial charge in [-0.2, -0.15) is 0 Å². The van der Waals surface area contributed by atoms with E-state index in [1.807, 2.05) is 36.4 Å². The van der Waals surface area contributed by atoms with Crippen LogP contribution in [0.5, 0.6) is 0 Å². The van der Waals surface area contributed by atoms with Crippen LogP contribution in [0.15, 0.2) is 48.6 Å². The van der Waals surface area contributed by atoms with E-state index in [1.165, 1.54) is 11.1 Å². The Hall–Kier alpha value is -1.39. The summed E-state index contributed by atoms with van der Waals surface area (Å²) in [4.78, 5) is 0. The first kappa shape index (κ1) is 11.3. The molecule has 0 saturated carbocycles. The fourth-order valence-electron chi connectivity index (χ4n) is 4.56. The van der Waals surface area contributed by atoms with Crippen LogP contribution in [-0.4, -0.2) is 18.9 Å². The molecule has 0 amide bonds. The molecule has 2 fully saturated rings. The Morgan fingerprint density at radius 3 is 1.85 bits per heavy atom. The lowest BCUT2D eigenvalue weighted by molar-refractivity contribution is 0.0533. The van der Waals surface area contributed by atoms with E-state index in [4.69, 9.17) is 4.74 Å². The van der Waals surface area contributed by atoms with Crippen molar-refractivity contribution in [2.75, 3.05) is 0 Å². The van der Waals surface area contributed by atoms with Gasteiger partial charge < -0.3 is 4.74 Å². The van der Waals surface area contributed by atoms with Gasteiger partial charge in [0.2, 0.25) is 0 Å². The van der Waals surface area contributed by atoms with Crippen molar-refractivity contribution in [1.82, 2.24) is 0 Å². The predicted octanol–water partition coefficient (Wildman–Crippen LogP) is 2.34. The van der Waals surface area contributed by atoms with Crippen molar-refractivity contribution in [1.29, 1.82) is 0 Å². The van der Waals surface area contributed by atoms with Crippen LogP contribution in [0.2, 0.25) is 0 Å². The molecule has 0 aromatic heterocycles. The summed E-state index contributed by atoms with van der Waals surface area (Å²) in [7, 11) is -3.12. The smallest absolute Gasteiger partial charge is 0.163 e. The second kappa shape index (κ2) is 3.43. The van der Waals surface area contributed by atoms with Gasteiger partial charge in [-0.25, -0.2) is 8.42 Å². The van der Waals surface area contributed by atoms with E-state index in [0.29, 0.717) is 0 Å². The molecule has 5 rings (SSSR count). The van der Waals surface area contributed by atoms with Gasteiger partial charge in [0.05, 0.1) is 22.7 Å². The summed E-state index contributed by atoms with van der Waals surface area (Å²) in [6.45, 7) is 0. The van der Waals surface area contributed by atoms with Gasteiger partial charge in [0.1, 0.15) is 0 Å². The van der Waals surface area contributed by atoms with E-state index < -0.39 is 20.3 Å². The zero-order valence-electron chi connectivity index (χ0n) is 10.7. The van der Waals surface area contributed by atoms with Crippen molar-refractivity contribution in [2.24, 2.45) is 11.8 Å². The monoisotopic (exact) mass is 286 g/mol. The Morgan fingerprint density at radius 2 is 1.35 bits per heavy atom. The lowest BCUT2D eigenvalue weighted by atomic mass is 9.72. The minimum Gasteiger partial charge on any atom is -0.365 e. The predicted molar refractivity (Wildman–Crippen MR) is 74.8 cm³/mol. The summed E-state index contributed by atoms with van der Waals surface area (Å²) in [5.41, 5.74) is 2.38. The molecule has 0 radical (unpaired) electrons. The molecule has 102 valence electrons.